The summed E-state index contributed by atoms with van der Waals surface area (Å²) in [7, 11) is 0. The fourth-order valence-electron chi connectivity index (χ4n) is 10.2. The molecule has 5 aliphatic rings. The quantitative estimate of drug-likeness (QED) is 0.163. The molecule has 268 valence electrons. The molecule has 0 atom stereocenters. The van der Waals surface area contributed by atoms with Crippen molar-refractivity contribution in [1.29, 1.82) is 0 Å². The Morgan fingerprint density at radius 3 is 2.05 bits per heavy atom. The van der Waals surface area contributed by atoms with Crippen LogP contribution in [0.2, 0.25) is 0 Å². The van der Waals surface area contributed by atoms with Crippen molar-refractivity contribution >= 4 is 11.4 Å². The smallest absolute Gasteiger partial charge is 0.0714 e. The summed E-state index contributed by atoms with van der Waals surface area (Å²) in [6.45, 7) is 4.89. The highest BCUT2D eigenvalue weighted by Gasteiger charge is 2.48. The van der Waals surface area contributed by atoms with Gasteiger partial charge in [0.1, 0.15) is 0 Å². The molecule has 1 heterocycles. The summed E-state index contributed by atoms with van der Waals surface area (Å²) < 4.78 is 0. The lowest BCUT2D eigenvalue weighted by atomic mass is 9.67. The summed E-state index contributed by atoms with van der Waals surface area (Å²) in [5.74, 6) is 0. The van der Waals surface area contributed by atoms with E-state index in [-0.39, 0.29) is 5.41 Å². The summed E-state index contributed by atoms with van der Waals surface area (Å²) in [6, 6.07) is 49.0. The van der Waals surface area contributed by atoms with E-state index in [0.29, 0.717) is 0 Å². The maximum atomic E-state index is 2.63. The van der Waals surface area contributed by atoms with Crippen LogP contribution in [0.4, 0.5) is 11.4 Å². The number of allylic oxidation sites excluding steroid dienone is 11. The van der Waals surface area contributed by atoms with Gasteiger partial charge in [-0.25, -0.2) is 0 Å². The van der Waals surface area contributed by atoms with Gasteiger partial charge >= 0.3 is 0 Å². The second kappa shape index (κ2) is 13.3. The zero-order chi connectivity index (χ0) is 37.0. The normalized spacial score (nSPS) is 19.5. The van der Waals surface area contributed by atoms with E-state index in [4.69, 9.17) is 0 Å². The average molecular weight is 711 g/mol. The van der Waals surface area contributed by atoms with Crippen molar-refractivity contribution in [3.05, 3.63) is 238 Å². The van der Waals surface area contributed by atoms with E-state index in [9.17, 15) is 0 Å². The zero-order valence-corrected chi connectivity index (χ0v) is 31.8. The minimum absolute atomic E-state index is 0.0127. The van der Waals surface area contributed by atoms with E-state index in [1.165, 1.54) is 61.6 Å². The number of benzene rings is 5. The SMILES string of the molecule is CC1(C)C2=C(C=CCC2)C2=C1N(C1=CC=CCC1)/C(=C/C=C/N(c1ccccc1)c1ccc3c(c1)C(c1ccccc1)(c1ccccc1)c1ccccc1-3)C2. The molecule has 2 heteroatoms. The molecule has 55 heavy (non-hydrogen) atoms. The Hall–Kier alpha value is -6.12. The van der Waals surface area contributed by atoms with Crippen LogP contribution < -0.4 is 4.90 Å². The summed E-state index contributed by atoms with van der Waals surface area (Å²) in [6.07, 6.45) is 24.0. The van der Waals surface area contributed by atoms with Crippen molar-refractivity contribution in [2.75, 3.05) is 4.90 Å². The van der Waals surface area contributed by atoms with Crippen LogP contribution in [0, 0.1) is 5.41 Å². The molecule has 2 nitrogen and oxygen atoms in total. The Morgan fingerprint density at radius 1 is 0.655 bits per heavy atom. The van der Waals surface area contributed by atoms with Crippen molar-refractivity contribution in [3.8, 4) is 11.1 Å². The molecule has 1 aliphatic heterocycles. The minimum atomic E-state index is -0.453. The molecule has 0 radical (unpaired) electrons. The Balaban J connectivity index is 1.10. The Labute approximate surface area is 326 Å². The highest BCUT2D eigenvalue weighted by Crippen LogP contribution is 2.59. The van der Waals surface area contributed by atoms with Gasteiger partial charge in [0.15, 0.2) is 0 Å². The first-order valence-corrected chi connectivity index (χ1v) is 19.9. The second-order valence-corrected chi connectivity index (χ2v) is 15.9. The lowest BCUT2D eigenvalue weighted by Crippen LogP contribution is -2.29. The number of para-hydroxylation sites is 1. The first kappa shape index (κ1) is 33.4. The van der Waals surface area contributed by atoms with Gasteiger partial charge in [0, 0.05) is 46.5 Å². The number of rotatable bonds is 7. The van der Waals surface area contributed by atoms with Crippen LogP contribution in [0.1, 0.15) is 68.2 Å². The lowest BCUT2D eigenvalue weighted by molar-refractivity contribution is 0.384. The topological polar surface area (TPSA) is 6.48 Å². The number of nitrogens with zero attached hydrogens (tertiary/aromatic N) is 2. The van der Waals surface area contributed by atoms with Crippen molar-refractivity contribution in [1.82, 2.24) is 4.90 Å². The number of hydrogen-bond donors (Lipinski definition) is 0. The van der Waals surface area contributed by atoms with E-state index in [2.05, 4.69) is 206 Å². The van der Waals surface area contributed by atoms with E-state index >= 15 is 0 Å². The first-order valence-electron chi connectivity index (χ1n) is 19.9. The summed E-state index contributed by atoms with van der Waals surface area (Å²) in [5.41, 5.74) is 18.5. The summed E-state index contributed by atoms with van der Waals surface area (Å²) in [5, 5.41) is 0. The predicted molar refractivity (Wildman–Crippen MR) is 229 cm³/mol. The number of fused-ring (bicyclic) bond motifs is 4. The fourth-order valence-corrected chi connectivity index (χ4v) is 10.2. The fraction of sp³-hybridized carbons (Fsp3) is 0.170. The van der Waals surface area contributed by atoms with Crippen molar-refractivity contribution < 1.29 is 0 Å². The van der Waals surface area contributed by atoms with Gasteiger partial charge in [0.05, 0.1) is 5.41 Å². The maximum Gasteiger partial charge on any atom is 0.0714 e. The van der Waals surface area contributed by atoms with Crippen LogP contribution >= 0.6 is 0 Å². The predicted octanol–water partition coefficient (Wildman–Crippen LogP) is 13.5. The molecule has 10 rings (SSSR count). The van der Waals surface area contributed by atoms with E-state index < -0.39 is 5.41 Å². The van der Waals surface area contributed by atoms with Gasteiger partial charge in [0.2, 0.25) is 0 Å². The molecule has 0 fully saturated rings. The van der Waals surface area contributed by atoms with Crippen molar-refractivity contribution in [3.63, 3.8) is 0 Å². The maximum absolute atomic E-state index is 2.63. The zero-order valence-electron chi connectivity index (χ0n) is 31.8. The van der Waals surface area contributed by atoms with E-state index in [1.807, 2.05) is 0 Å². The van der Waals surface area contributed by atoms with Crippen LogP contribution in [-0.2, 0) is 5.41 Å². The molecule has 0 amide bonds. The summed E-state index contributed by atoms with van der Waals surface area (Å²) >= 11 is 0. The van der Waals surface area contributed by atoms with Gasteiger partial charge in [0.25, 0.3) is 0 Å². The third kappa shape index (κ3) is 5.23. The second-order valence-electron chi connectivity index (χ2n) is 15.9. The van der Waals surface area contributed by atoms with E-state index in [1.54, 1.807) is 5.57 Å². The highest BCUT2D eigenvalue weighted by molar-refractivity contribution is 5.88. The third-order valence-electron chi connectivity index (χ3n) is 12.6. The first-order chi connectivity index (χ1) is 27.1. The molecule has 4 aliphatic carbocycles. The van der Waals surface area contributed by atoms with Crippen molar-refractivity contribution in [2.24, 2.45) is 5.41 Å². The highest BCUT2D eigenvalue weighted by atomic mass is 15.2. The molecule has 0 bridgehead atoms. The van der Waals surface area contributed by atoms with Gasteiger partial charge in [-0.05, 0) is 113 Å². The molecule has 0 spiro atoms. The van der Waals surface area contributed by atoms with Crippen LogP contribution in [-0.4, -0.2) is 4.90 Å². The van der Waals surface area contributed by atoms with Crippen LogP contribution in [0.5, 0.6) is 0 Å². The lowest BCUT2D eigenvalue weighted by Gasteiger charge is -2.37. The monoisotopic (exact) mass is 710 g/mol. The Bertz CT molecular complexity index is 2480. The molecule has 0 saturated heterocycles. The standard InChI is InChI=1S/C53H46N2/c1-52(2)48-31-17-15-30-45(48)47-36-43(55(51(47)52)41-26-13-6-14-27-41)28-19-35-54(40-24-11-5-12-25-40)42-33-34-46-44-29-16-18-32-49(44)53(50(46)37-42,38-20-7-3-8-21-38)39-22-9-4-10-23-39/h3-13,15-16,18-26,28-30,32-35,37H,14,17,27,31,36H2,1-2H3/b35-19+,43-28+. The molecule has 0 unspecified atom stereocenters. The average Bonchev–Trinajstić information content (AvgIpc) is 3.85. The van der Waals surface area contributed by atoms with Gasteiger partial charge < -0.3 is 9.80 Å². The van der Waals surface area contributed by atoms with Crippen LogP contribution in [0.25, 0.3) is 11.1 Å². The molecule has 0 aromatic heterocycles. The Kier molecular flexibility index (Phi) is 8.10. The Morgan fingerprint density at radius 2 is 1.33 bits per heavy atom. The summed E-state index contributed by atoms with van der Waals surface area (Å²) in [4.78, 5) is 4.99. The van der Waals surface area contributed by atoms with Crippen LogP contribution in [0.3, 0.4) is 0 Å². The molecular formula is C53H46N2. The van der Waals surface area contributed by atoms with Crippen molar-refractivity contribution in [2.45, 2.75) is 51.4 Å². The third-order valence-corrected chi connectivity index (χ3v) is 12.6. The molecule has 5 aromatic carbocycles. The van der Waals surface area contributed by atoms with Gasteiger partial charge in [-0.2, -0.15) is 0 Å². The van der Waals surface area contributed by atoms with Crippen LogP contribution in [0.15, 0.2) is 216 Å². The minimum Gasteiger partial charge on any atom is -0.320 e. The van der Waals surface area contributed by atoms with Gasteiger partial charge in [-0.15, -0.1) is 0 Å². The number of anilines is 2. The molecule has 5 aromatic rings. The molecule has 0 saturated carbocycles. The van der Waals surface area contributed by atoms with E-state index in [0.717, 1.165) is 43.5 Å². The largest absolute Gasteiger partial charge is 0.320 e. The number of hydrogen-bond acceptors (Lipinski definition) is 2. The molecule has 0 N–H and O–H groups in total. The van der Waals surface area contributed by atoms with Gasteiger partial charge in [-0.3, -0.25) is 0 Å². The van der Waals surface area contributed by atoms with Gasteiger partial charge in [-0.1, -0.05) is 153 Å². The molecular weight excluding hydrogens is 665 g/mol.